The molecule has 4 rings (SSSR count). The van der Waals surface area contributed by atoms with E-state index in [-0.39, 0.29) is 12.6 Å². The third-order valence-corrected chi connectivity index (χ3v) is 5.31. The molecule has 148 valence electrons. The Morgan fingerprint density at radius 3 is 2.72 bits per heavy atom. The van der Waals surface area contributed by atoms with E-state index in [0.29, 0.717) is 39.6 Å². The normalized spacial score (nSPS) is 13.1. The molecule has 0 saturated heterocycles. The van der Waals surface area contributed by atoms with Gasteiger partial charge in [-0.2, -0.15) is 4.98 Å². The smallest absolute Gasteiger partial charge is 0.265 e. The minimum Gasteiger partial charge on any atom is -0.351 e. The van der Waals surface area contributed by atoms with Gasteiger partial charge in [-0.05, 0) is 42.3 Å². The fraction of sp³-hybridized carbons (Fsp3) is 0.150. The predicted molar refractivity (Wildman–Crippen MR) is 116 cm³/mol. The number of para-hydroxylation sites is 1. The number of nitrogens with zero attached hydrogens (tertiary/aromatic N) is 3. The summed E-state index contributed by atoms with van der Waals surface area (Å²) in [4.78, 5) is 23.1. The molecule has 3 aromatic rings. The van der Waals surface area contributed by atoms with E-state index in [1.807, 2.05) is 25.1 Å². The van der Waals surface area contributed by atoms with Crippen molar-refractivity contribution in [1.29, 1.82) is 0 Å². The van der Waals surface area contributed by atoms with Gasteiger partial charge in [0, 0.05) is 18.4 Å². The molecular weight excluding hydrogens is 411 g/mol. The number of carbonyl (C=O) groups excluding carboxylic acids is 1. The summed E-state index contributed by atoms with van der Waals surface area (Å²) in [6.45, 7) is 2.64. The lowest BCUT2D eigenvalue weighted by Gasteiger charge is -2.30. The van der Waals surface area contributed by atoms with Gasteiger partial charge in [-0.25, -0.2) is 4.98 Å². The lowest BCUT2D eigenvalue weighted by atomic mass is 10.1. The number of amides is 1. The molecule has 0 unspecified atom stereocenters. The lowest BCUT2D eigenvalue weighted by Crippen LogP contribution is -2.41. The first-order chi connectivity index (χ1) is 14.0. The number of carbonyl (C=O) groups is 1. The molecule has 0 radical (unpaired) electrons. The summed E-state index contributed by atoms with van der Waals surface area (Å²) < 4.78 is 0. The SMILES string of the molecule is Cc1ccc(Nc2ncc3c(n2)NCN(c2c(Cl)cccc2Cl)C3=O)cc1CN. The Morgan fingerprint density at radius 1 is 1.24 bits per heavy atom. The van der Waals surface area contributed by atoms with Crippen molar-refractivity contribution in [1.82, 2.24) is 9.97 Å². The van der Waals surface area contributed by atoms with E-state index in [9.17, 15) is 4.79 Å². The monoisotopic (exact) mass is 428 g/mol. The van der Waals surface area contributed by atoms with Gasteiger partial charge in [-0.15, -0.1) is 0 Å². The summed E-state index contributed by atoms with van der Waals surface area (Å²) in [6, 6.07) is 11.0. The molecule has 1 amide bonds. The van der Waals surface area contributed by atoms with E-state index in [0.717, 1.165) is 16.8 Å². The number of anilines is 4. The minimum absolute atomic E-state index is 0.188. The number of halogens is 2. The standard InChI is InChI=1S/C20H18Cl2N6O/c1-11-5-6-13(7-12(11)8-23)26-20-24-9-14-18(27-20)25-10-28(19(14)29)17-15(21)3-2-4-16(17)22/h2-7,9H,8,10,23H2,1H3,(H2,24,25,26,27). The number of nitrogens with two attached hydrogens (primary N) is 1. The maximum Gasteiger partial charge on any atom is 0.265 e. The molecule has 4 N–H and O–H groups in total. The van der Waals surface area contributed by atoms with Gasteiger partial charge in [0.2, 0.25) is 5.95 Å². The second-order valence-corrected chi connectivity index (χ2v) is 7.38. The maximum atomic E-state index is 13.0. The molecular formula is C20H18Cl2N6O. The first kappa shape index (κ1) is 19.4. The van der Waals surface area contributed by atoms with E-state index < -0.39 is 0 Å². The summed E-state index contributed by atoms with van der Waals surface area (Å²) in [5.74, 6) is 0.541. The molecule has 9 heteroatoms. The third-order valence-electron chi connectivity index (χ3n) is 4.70. The molecule has 0 bridgehead atoms. The first-order valence-electron chi connectivity index (χ1n) is 8.91. The number of rotatable bonds is 4. The van der Waals surface area contributed by atoms with Crippen LogP contribution in [-0.2, 0) is 6.54 Å². The Morgan fingerprint density at radius 2 is 2.00 bits per heavy atom. The first-order valence-corrected chi connectivity index (χ1v) is 9.67. The van der Waals surface area contributed by atoms with Gasteiger partial charge in [0.25, 0.3) is 5.91 Å². The zero-order valence-electron chi connectivity index (χ0n) is 15.5. The van der Waals surface area contributed by atoms with Gasteiger partial charge in [-0.3, -0.25) is 9.69 Å². The summed E-state index contributed by atoms with van der Waals surface area (Å²) in [7, 11) is 0. The zero-order chi connectivity index (χ0) is 20.5. The van der Waals surface area contributed by atoms with Crippen molar-refractivity contribution in [2.24, 2.45) is 5.73 Å². The van der Waals surface area contributed by atoms with Gasteiger partial charge >= 0.3 is 0 Å². The van der Waals surface area contributed by atoms with E-state index in [1.165, 1.54) is 11.1 Å². The van der Waals surface area contributed by atoms with Crippen molar-refractivity contribution >= 4 is 52.3 Å². The Kier molecular flexibility index (Phi) is 5.27. The van der Waals surface area contributed by atoms with Crippen LogP contribution in [0.5, 0.6) is 0 Å². The van der Waals surface area contributed by atoms with Crippen LogP contribution in [0.1, 0.15) is 21.5 Å². The van der Waals surface area contributed by atoms with Crippen molar-refractivity contribution in [3.05, 3.63) is 69.3 Å². The molecule has 1 aliphatic heterocycles. The van der Waals surface area contributed by atoms with Crippen LogP contribution in [0.4, 0.5) is 23.1 Å². The highest BCUT2D eigenvalue weighted by molar-refractivity contribution is 6.40. The van der Waals surface area contributed by atoms with Crippen LogP contribution in [-0.4, -0.2) is 22.5 Å². The van der Waals surface area contributed by atoms with Crippen molar-refractivity contribution < 1.29 is 4.79 Å². The number of hydrogen-bond acceptors (Lipinski definition) is 6. The number of benzene rings is 2. The van der Waals surface area contributed by atoms with E-state index >= 15 is 0 Å². The molecule has 0 aliphatic carbocycles. The van der Waals surface area contributed by atoms with Gasteiger partial charge in [0.1, 0.15) is 11.4 Å². The summed E-state index contributed by atoms with van der Waals surface area (Å²) in [6.07, 6.45) is 1.48. The van der Waals surface area contributed by atoms with E-state index in [4.69, 9.17) is 28.9 Å². The van der Waals surface area contributed by atoms with Crippen LogP contribution in [0.3, 0.4) is 0 Å². The van der Waals surface area contributed by atoms with Crippen LogP contribution in [0, 0.1) is 6.92 Å². The number of hydrogen-bond donors (Lipinski definition) is 3. The lowest BCUT2D eigenvalue weighted by molar-refractivity contribution is 0.0985. The predicted octanol–water partition coefficient (Wildman–Crippen LogP) is 4.32. The van der Waals surface area contributed by atoms with E-state index in [2.05, 4.69) is 20.6 Å². The highest BCUT2D eigenvalue weighted by Gasteiger charge is 2.29. The molecule has 1 aromatic heterocycles. The highest BCUT2D eigenvalue weighted by atomic mass is 35.5. The molecule has 0 fully saturated rings. The van der Waals surface area contributed by atoms with Crippen LogP contribution >= 0.6 is 23.2 Å². The van der Waals surface area contributed by atoms with Crippen molar-refractivity contribution in [2.45, 2.75) is 13.5 Å². The third kappa shape index (κ3) is 3.72. The molecule has 2 heterocycles. The number of aryl methyl sites for hydroxylation is 1. The quantitative estimate of drug-likeness (QED) is 0.572. The van der Waals surface area contributed by atoms with E-state index in [1.54, 1.807) is 18.2 Å². The molecule has 0 saturated carbocycles. The number of aromatic nitrogens is 2. The summed E-state index contributed by atoms with van der Waals surface area (Å²) in [5, 5.41) is 7.07. The molecule has 1 aliphatic rings. The average molecular weight is 429 g/mol. The van der Waals surface area contributed by atoms with Crippen molar-refractivity contribution in [3.63, 3.8) is 0 Å². The van der Waals surface area contributed by atoms with Gasteiger partial charge < -0.3 is 16.4 Å². The highest BCUT2D eigenvalue weighted by Crippen LogP contribution is 2.36. The largest absolute Gasteiger partial charge is 0.351 e. The minimum atomic E-state index is -0.277. The maximum absolute atomic E-state index is 13.0. The van der Waals surface area contributed by atoms with Crippen molar-refractivity contribution in [2.75, 3.05) is 22.2 Å². The second kappa shape index (κ2) is 7.87. The Balaban J connectivity index is 1.61. The molecule has 29 heavy (non-hydrogen) atoms. The second-order valence-electron chi connectivity index (χ2n) is 6.56. The summed E-state index contributed by atoms with van der Waals surface area (Å²) in [5.41, 5.74) is 9.54. The fourth-order valence-corrected chi connectivity index (χ4v) is 3.73. The molecule has 2 aromatic carbocycles. The Hall–Kier alpha value is -2.87. The van der Waals surface area contributed by atoms with Crippen LogP contribution in [0.25, 0.3) is 0 Å². The number of fused-ring (bicyclic) bond motifs is 1. The molecule has 7 nitrogen and oxygen atoms in total. The molecule has 0 atom stereocenters. The topological polar surface area (TPSA) is 96.2 Å². The van der Waals surface area contributed by atoms with Crippen LogP contribution in [0.2, 0.25) is 10.0 Å². The van der Waals surface area contributed by atoms with Crippen LogP contribution < -0.4 is 21.3 Å². The fourth-order valence-electron chi connectivity index (χ4n) is 3.13. The Bertz CT molecular complexity index is 1080. The molecule has 0 spiro atoms. The van der Waals surface area contributed by atoms with Crippen molar-refractivity contribution in [3.8, 4) is 0 Å². The Labute approximate surface area is 177 Å². The van der Waals surface area contributed by atoms with Gasteiger partial charge in [-0.1, -0.05) is 35.3 Å². The number of nitrogens with one attached hydrogen (secondary N) is 2. The van der Waals surface area contributed by atoms with Gasteiger partial charge in [0.15, 0.2) is 0 Å². The zero-order valence-corrected chi connectivity index (χ0v) is 17.1. The average Bonchev–Trinajstić information content (AvgIpc) is 2.71. The van der Waals surface area contributed by atoms with Crippen LogP contribution in [0.15, 0.2) is 42.6 Å². The summed E-state index contributed by atoms with van der Waals surface area (Å²) >= 11 is 12.5. The van der Waals surface area contributed by atoms with Gasteiger partial charge in [0.05, 0.1) is 22.4 Å².